The number of alkyl halides is 3. The zero-order chi connectivity index (χ0) is 29.5. The van der Waals surface area contributed by atoms with Gasteiger partial charge in [-0.1, -0.05) is 25.1 Å². The number of nitrogens with one attached hydrogen (secondary N) is 1. The monoisotopic (exact) mass is 568 g/mol. The summed E-state index contributed by atoms with van der Waals surface area (Å²) in [4.78, 5) is 27.3. The molecule has 216 valence electrons. The maximum absolute atomic E-state index is 13.8. The number of aryl methyl sites for hydroxylation is 2. The van der Waals surface area contributed by atoms with Crippen LogP contribution >= 0.6 is 0 Å². The van der Waals surface area contributed by atoms with Crippen LogP contribution in [0.3, 0.4) is 0 Å². The van der Waals surface area contributed by atoms with Gasteiger partial charge in [0.2, 0.25) is 0 Å². The molecule has 1 aliphatic carbocycles. The van der Waals surface area contributed by atoms with Crippen molar-refractivity contribution in [2.45, 2.75) is 50.8 Å². The van der Waals surface area contributed by atoms with Crippen molar-refractivity contribution >= 4 is 23.3 Å². The highest BCUT2D eigenvalue weighted by Gasteiger charge is 2.52. The average Bonchev–Trinajstić information content (AvgIpc) is 3.73. The molecule has 7 nitrogen and oxygen atoms in total. The quantitative estimate of drug-likeness (QED) is 0.336. The zero-order valence-electron chi connectivity index (χ0n) is 23.0. The van der Waals surface area contributed by atoms with Gasteiger partial charge < -0.3 is 24.8 Å². The van der Waals surface area contributed by atoms with Crippen molar-refractivity contribution < 1.29 is 37.3 Å². The normalized spacial score (nSPS) is 17.3. The molecule has 0 spiro atoms. The Labute approximate surface area is 235 Å². The van der Waals surface area contributed by atoms with E-state index in [-0.39, 0.29) is 23.8 Å². The fourth-order valence-corrected chi connectivity index (χ4v) is 5.41. The molecular formula is C31H31F3N2O5. The van der Waals surface area contributed by atoms with Crippen LogP contribution < -0.4 is 19.7 Å². The highest BCUT2D eigenvalue weighted by atomic mass is 19.4. The number of fused-ring (bicyclic) bond motifs is 1. The molecule has 0 aromatic heterocycles. The summed E-state index contributed by atoms with van der Waals surface area (Å²) in [5, 5.41) is 12.0. The molecule has 1 amide bonds. The number of carbonyl (C=O) groups excluding carboxylic acids is 1. The Kier molecular flexibility index (Phi) is 7.35. The summed E-state index contributed by atoms with van der Waals surface area (Å²) in [5.74, 6) is -0.507. The smallest absolute Gasteiger partial charge is 0.418 e. The van der Waals surface area contributed by atoms with Crippen LogP contribution in [0.15, 0.2) is 54.6 Å². The van der Waals surface area contributed by atoms with Crippen LogP contribution in [0.2, 0.25) is 0 Å². The van der Waals surface area contributed by atoms with E-state index in [1.165, 1.54) is 6.07 Å². The van der Waals surface area contributed by atoms with Gasteiger partial charge in [0.1, 0.15) is 24.2 Å². The van der Waals surface area contributed by atoms with E-state index in [1.54, 1.807) is 19.1 Å². The lowest BCUT2D eigenvalue weighted by Gasteiger charge is -2.33. The van der Waals surface area contributed by atoms with Crippen molar-refractivity contribution in [2.24, 2.45) is 0 Å². The van der Waals surface area contributed by atoms with Gasteiger partial charge in [-0.3, -0.25) is 9.59 Å². The minimum Gasteiger partial charge on any atom is -0.490 e. The molecule has 3 aromatic carbocycles. The summed E-state index contributed by atoms with van der Waals surface area (Å²) in [6.07, 6.45) is -3.87. The van der Waals surface area contributed by atoms with E-state index >= 15 is 0 Å². The molecule has 41 heavy (non-hydrogen) atoms. The Morgan fingerprint density at radius 3 is 2.54 bits per heavy atom. The first-order valence-electron chi connectivity index (χ1n) is 13.4. The lowest BCUT2D eigenvalue weighted by molar-refractivity contribution is -0.140. The summed E-state index contributed by atoms with van der Waals surface area (Å²) in [6, 6.07) is 14.3. The second kappa shape index (κ2) is 10.6. The van der Waals surface area contributed by atoms with Crippen molar-refractivity contribution in [3.05, 3.63) is 82.4 Å². The van der Waals surface area contributed by atoms with E-state index in [1.807, 2.05) is 38.2 Å². The molecule has 2 aliphatic rings. The van der Waals surface area contributed by atoms with Crippen LogP contribution in [0.5, 0.6) is 11.5 Å². The molecule has 0 unspecified atom stereocenters. The molecule has 1 fully saturated rings. The fraction of sp³-hybridized carbons (Fsp3) is 0.355. The molecule has 1 aliphatic heterocycles. The van der Waals surface area contributed by atoms with E-state index in [0.29, 0.717) is 42.7 Å². The molecule has 0 bridgehead atoms. The summed E-state index contributed by atoms with van der Waals surface area (Å²) in [5.41, 5.74) is -0.0815. The molecule has 2 N–H and O–H groups in total. The van der Waals surface area contributed by atoms with Crippen LogP contribution in [0.25, 0.3) is 0 Å². The number of nitrogens with zero attached hydrogens (tertiary/aromatic N) is 1. The molecule has 0 saturated heterocycles. The van der Waals surface area contributed by atoms with E-state index < -0.39 is 34.7 Å². The van der Waals surface area contributed by atoms with E-state index in [0.717, 1.165) is 23.6 Å². The Bertz CT molecular complexity index is 1500. The number of likely N-dealkylation sites (N-methyl/N-ethyl adjacent to an activating group) is 1. The largest absolute Gasteiger partial charge is 0.490 e. The van der Waals surface area contributed by atoms with Gasteiger partial charge in [0.25, 0.3) is 5.91 Å². The first-order valence-corrected chi connectivity index (χ1v) is 13.4. The number of carboxylic acids is 1. The number of para-hydroxylation sites is 2. The Balaban J connectivity index is 1.36. The Hall–Kier alpha value is -4.21. The predicted octanol–water partition coefficient (Wildman–Crippen LogP) is 6.22. The van der Waals surface area contributed by atoms with Crippen molar-refractivity contribution in [3.8, 4) is 11.5 Å². The number of aliphatic carboxylic acids is 1. The molecule has 3 aromatic rings. The highest BCUT2D eigenvalue weighted by molar-refractivity contribution is 6.07. The first kappa shape index (κ1) is 28.3. The summed E-state index contributed by atoms with van der Waals surface area (Å²) >= 11 is 0. The topological polar surface area (TPSA) is 88.1 Å². The van der Waals surface area contributed by atoms with Gasteiger partial charge in [-0.2, -0.15) is 13.2 Å². The number of hydrogen-bond donors (Lipinski definition) is 2. The fourth-order valence-electron chi connectivity index (χ4n) is 5.41. The van der Waals surface area contributed by atoms with Crippen LogP contribution in [-0.2, 0) is 22.8 Å². The molecule has 0 radical (unpaired) electrons. The molecule has 10 heteroatoms. The molecular weight excluding hydrogens is 537 g/mol. The number of carboxylic acid groups (broad SMARTS) is 1. The van der Waals surface area contributed by atoms with Gasteiger partial charge in [-0.25, -0.2) is 0 Å². The summed E-state index contributed by atoms with van der Waals surface area (Å²) < 4.78 is 53.6. The van der Waals surface area contributed by atoms with Crippen molar-refractivity contribution in [1.82, 2.24) is 0 Å². The number of amides is 1. The second-order valence-corrected chi connectivity index (χ2v) is 10.6. The number of anilines is 2. The number of hydrogen-bond acceptors (Lipinski definition) is 5. The van der Waals surface area contributed by atoms with E-state index in [2.05, 4.69) is 10.2 Å². The maximum Gasteiger partial charge on any atom is 0.418 e. The summed E-state index contributed by atoms with van der Waals surface area (Å²) in [7, 11) is 1.98. The third-order valence-electron chi connectivity index (χ3n) is 7.77. The number of carbonyl (C=O) groups is 2. The minimum atomic E-state index is -4.74. The third kappa shape index (κ3) is 5.55. The van der Waals surface area contributed by atoms with Crippen LogP contribution in [0, 0.1) is 6.92 Å². The van der Waals surface area contributed by atoms with Gasteiger partial charge in [0.15, 0.2) is 0 Å². The standard InChI is InChI=1S/C31H31F3N2O5/c1-4-19-14-21(40-17-22-16-36(3)25-7-5-6-8-26(25)41-22)13-18(2)27(19)28(37)35-24-15-20(30(11-12-30)29(38)39)9-10-23(24)31(32,33)34/h5-10,13-15,22H,4,11-12,16-17H2,1-3H3,(H,35,37)(H,38,39)/t22-/m0/s1. The molecule has 1 heterocycles. The van der Waals surface area contributed by atoms with Gasteiger partial charge in [-0.05, 0) is 79.3 Å². The minimum absolute atomic E-state index is 0.225. The van der Waals surface area contributed by atoms with Crippen molar-refractivity contribution in [2.75, 3.05) is 30.4 Å². The van der Waals surface area contributed by atoms with Gasteiger partial charge >= 0.3 is 12.1 Å². The Morgan fingerprint density at radius 2 is 1.88 bits per heavy atom. The van der Waals surface area contributed by atoms with Crippen LogP contribution in [-0.4, -0.2) is 43.3 Å². The van der Waals surface area contributed by atoms with Gasteiger partial charge in [-0.15, -0.1) is 0 Å². The SMILES string of the molecule is CCc1cc(OC[C@@H]2CN(C)c3ccccc3O2)cc(C)c1C(=O)Nc1cc(C2(C(=O)O)CC2)ccc1C(F)(F)F. The van der Waals surface area contributed by atoms with E-state index in [4.69, 9.17) is 9.47 Å². The molecule has 5 rings (SSSR count). The lowest BCUT2D eigenvalue weighted by Crippen LogP contribution is -2.41. The number of ether oxygens (including phenoxy) is 2. The number of halogens is 3. The van der Waals surface area contributed by atoms with Crippen LogP contribution in [0.1, 0.15) is 52.4 Å². The maximum atomic E-state index is 13.8. The van der Waals surface area contributed by atoms with Crippen molar-refractivity contribution in [3.63, 3.8) is 0 Å². The molecule has 1 atom stereocenters. The third-order valence-corrected chi connectivity index (χ3v) is 7.77. The number of benzene rings is 3. The Morgan fingerprint density at radius 1 is 1.15 bits per heavy atom. The zero-order valence-corrected chi connectivity index (χ0v) is 23.0. The van der Waals surface area contributed by atoms with Gasteiger partial charge in [0, 0.05) is 12.6 Å². The van der Waals surface area contributed by atoms with Crippen LogP contribution in [0.4, 0.5) is 24.5 Å². The average molecular weight is 569 g/mol. The summed E-state index contributed by atoms with van der Waals surface area (Å²) in [6.45, 7) is 4.44. The molecule has 1 saturated carbocycles. The number of rotatable bonds is 8. The predicted molar refractivity (Wildman–Crippen MR) is 148 cm³/mol. The lowest BCUT2D eigenvalue weighted by atomic mass is 9.93. The highest BCUT2D eigenvalue weighted by Crippen LogP contribution is 2.50. The second-order valence-electron chi connectivity index (χ2n) is 10.6. The van der Waals surface area contributed by atoms with Gasteiger partial charge in [0.05, 0.1) is 28.9 Å². The first-order chi connectivity index (χ1) is 19.4. The van der Waals surface area contributed by atoms with Crippen molar-refractivity contribution in [1.29, 1.82) is 0 Å². The van der Waals surface area contributed by atoms with E-state index in [9.17, 15) is 27.9 Å².